The first-order chi connectivity index (χ1) is 8.13. The first-order valence-electron chi connectivity index (χ1n) is 6.23. The molecular formula is C12H24N2O3. The van der Waals surface area contributed by atoms with Gasteiger partial charge in [-0.1, -0.05) is 0 Å². The smallest absolute Gasteiger partial charge is 0.322 e. The maximum atomic E-state index is 11.1. The molecule has 1 rings (SSSR count). The maximum absolute atomic E-state index is 11.1. The zero-order valence-corrected chi connectivity index (χ0v) is 10.9. The van der Waals surface area contributed by atoms with E-state index in [2.05, 4.69) is 16.7 Å². The van der Waals surface area contributed by atoms with Crippen molar-refractivity contribution < 1.29 is 14.3 Å². The quantitative estimate of drug-likeness (QED) is 0.678. The van der Waals surface area contributed by atoms with Gasteiger partial charge in [0, 0.05) is 13.2 Å². The summed E-state index contributed by atoms with van der Waals surface area (Å²) in [5.74, 6) is 0.280. The molecule has 0 aliphatic carbocycles. The minimum absolute atomic E-state index is 0.334. The van der Waals surface area contributed by atoms with Crippen LogP contribution in [0.25, 0.3) is 0 Å². The molecule has 0 aromatic heterocycles. The van der Waals surface area contributed by atoms with Crippen LogP contribution in [-0.4, -0.2) is 57.4 Å². The van der Waals surface area contributed by atoms with Crippen LogP contribution in [0.2, 0.25) is 0 Å². The first-order valence-corrected chi connectivity index (χ1v) is 6.23. The summed E-state index contributed by atoms with van der Waals surface area (Å²) in [5, 5.41) is 0. The van der Waals surface area contributed by atoms with Gasteiger partial charge in [0.05, 0.1) is 13.7 Å². The number of hydrogen-bond acceptors (Lipinski definition) is 5. The second kappa shape index (κ2) is 7.63. The average molecular weight is 244 g/mol. The number of nitrogens with two attached hydrogens (primary N) is 1. The van der Waals surface area contributed by atoms with E-state index < -0.39 is 6.04 Å². The molecular weight excluding hydrogens is 220 g/mol. The normalized spacial score (nSPS) is 22.5. The van der Waals surface area contributed by atoms with E-state index in [0.717, 1.165) is 32.7 Å². The predicted molar refractivity (Wildman–Crippen MR) is 65.6 cm³/mol. The number of carbonyl (C=O) groups is 1. The van der Waals surface area contributed by atoms with Crippen LogP contribution in [0.3, 0.4) is 0 Å². The lowest BCUT2D eigenvalue weighted by Crippen LogP contribution is -2.37. The second-order valence-electron chi connectivity index (χ2n) is 4.76. The summed E-state index contributed by atoms with van der Waals surface area (Å²) in [6.07, 6.45) is 3.02. The average Bonchev–Trinajstić information content (AvgIpc) is 2.36. The zero-order valence-electron chi connectivity index (χ0n) is 10.9. The fraction of sp³-hybridized carbons (Fsp3) is 0.917. The first kappa shape index (κ1) is 14.4. The summed E-state index contributed by atoms with van der Waals surface area (Å²) in [6.45, 7) is 3.57. The molecule has 0 radical (unpaired) electrons. The predicted octanol–water partition coefficient (Wildman–Crippen LogP) is 0.235. The Morgan fingerprint density at radius 1 is 1.65 bits per heavy atom. The van der Waals surface area contributed by atoms with Crippen LogP contribution in [-0.2, 0) is 14.3 Å². The Labute approximate surface area is 103 Å². The minimum Gasteiger partial charge on any atom is -0.468 e. The van der Waals surface area contributed by atoms with Crippen molar-refractivity contribution in [2.75, 3.05) is 40.5 Å². The summed E-state index contributed by atoms with van der Waals surface area (Å²) >= 11 is 0. The van der Waals surface area contributed by atoms with E-state index in [-0.39, 0.29) is 5.97 Å². The van der Waals surface area contributed by atoms with Gasteiger partial charge in [-0.2, -0.15) is 0 Å². The highest BCUT2D eigenvalue weighted by Crippen LogP contribution is 2.14. The second-order valence-corrected chi connectivity index (χ2v) is 4.76. The van der Waals surface area contributed by atoms with E-state index in [1.807, 2.05) is 0 Å². The van der Waals surface area contributed by atoms with Crippen LogP contribution >= 0.6 is 0 Å². The third kappa shape index (κ3) is 5.48. The van der Waals surface area contributed by atoms with Crippen molar-refractivity contribution in [2.24, 2.45) is 11.7 Å². The molecule has 0 aromatic carbocycles. The van der Waals surface area contributed by atoms with E-state index in [0.29, 0.717) is 12.3 Å². The molecule has 1 saturated heterocycles. The van der Waals surface area contributed by atoms with Crippen LogP contribution in [0.4, 0.5) is 0 Å². The Hall–Kier alpha value is -0.650. The van der Waals surface area contributed by atoms with Crippen LogP contribution in [0.1, 0.15) is 19.3 Å². The lowest BCUT2D eigenvalue weighted by atomic mass is 10.0. The van der Waals surface area contributed by atoms with Gasteiger partial charge < -0.3 is 20.1 Å². The van der Waals surface area contributed by atoms with Crippen LogP contribution < -0.4 is 5.73 Å². The van der Waals surface area contributed by atoms with Gasteiger partial charge in [0.15, 0.2) is 0 Å². The number of rotatable bonds is 6. The summed E-state index contributed by atoms with van der Waals surface area (Å²) < 4.78 is 10.0. The van der Waals surface area contributed by atoms with Crippen molar-refractivity contribution in [3.8, 4) is 0 Å². The highest BCUT2D eigenvalue weighted by Gasteiger charge is 2.18. The van der Waals surface area contributed by atoms with E-state index in [4.69, 9.17) is 10.5 Å². The van der Waals surface area contributed by atoms with Crippen LogP contribution in [0, 0.1) is 5.92 Å². The van der Waals surface area contributed by atoms with E-state index in [9.17, 15) is 4.79 Å². The molecule has 1 fully saturated rings. The molecule has 1 aliphatic heterocycles. The van der Waals surface area contributed by atoms with Crippen molar-refractivity contribution >= 4 is 5.97 Å². The fourth-order valence-corrected chi connectivity index (χ4v) is 2.11. The topological polar surface area (TPSA) is 64.8 Å². The maximum Gasteiger partial charge on any atom is 0.322 e. The van der Waals surface area contributed by atoms with Crippen molar-refractivity contribution in [3.05, 3.63) is 0 Å². The third-order valence-corrected chi connectivity index (χ3v) is 3.15. The Morgan fingerprint density at radius 3 is 3.00 bits per heavy atom. The van der Waals surface area contributed by atoms with Gasteiger partial charge in [-0.3, -0.25) is 4.79 Å². The Morgan fingerprint density at radius 2 is 2.41 bits per heavy atom. The SMILES string of the molecule is COC(=O)C(N)CCN(C)CC1CCCOC1. The zero-order chi connectivity index (χ0) is 12.7. The molecule has 5 nitrogen and oxygen atoms in total. The standard InChI is InChI=1S/C12H24N2O3/c1-14(6-5-11(13)12(15)16-2)8-10-4-3-7-17-9-10/h10-11H,3-9,13H2,1-2H3. The van der Waals surface area contributed by atoms with Crippen molar-refractivity contribution in [2.45, 2.75) is 25.3 Å². The molecule has 17 heavy (non-hydrogen) atoms. The molecule has 0 amide bonds. The molecule has 5 heteroatoms. The van der Waals surface area contributed by atoms with Gasteiger partial charge in [0.25, 0.3) is 0 Å². The Balaban J connectivity index is 2.15. The number of hydrogen-bond donors (Lipinski definition) is 1. The molecule has 2 unspecified atom stereocenters. The highest BCUT2D eigenvalue weighted by molar-refractivity contribution is 5.75. The minimum atomic E-state index is -0.509. The van der Waals surface area contributed by atoms with E-state index in [1.165, 1.54) is 13.5 Å². The summed E-state index contributed by atoms with van der Waals surface area (Å²) in [7, 11) is 3.42. The molecule has 2 N–H and O–H groups in total. The van der Waals surface area contributed by atoms with Gasteiger partial charge >= 0.3 is 5.97 Å². The Bertz CT molecular complexity index is 230. The number of nitrogens with zero attached hydrogens (tertiary/aromatic N) is 1. The number of carbonyl (C=O) groups excluding carboxylic acids is 1. The molecule has 0 spiro atoms. The van der Waals surface area contributed by atoms with Crippen molar-refractivity contribution in [1.29, 1.82) is 0 Å². The molecule has 1 heterocycles. The van der Waals surface area contributed by atoms with Gasteiger partial charge in [-0.05, 0) is 38.8 Å². The molecule has 100 valence electrons. The summed E-state index contributed by atoms with van der Waals surface area (Å²) in [6, 6.07) is -0.509. The number of methoxy groups -OCH3 is 1. The molecule has 1 aliphatic rings. The number of ether oxygens (including phenoxy) is 2. The third-order valence-electron chi connectivity index (χ3n) is 3.15. The van der Waals surface area contributed by atoms with Gasteiger partial charge in [0.2, 0.25) is 0 Å². The monoisotopic (exact) mass is 244 g/mol. The van der Waals surface area contributed by atoms with E-state index >= 15 is 0 Å². The molecule has 0 aromatic rings. The van der Waals surface area contributed by atoms with Crippen molar-refractivity contribution in [1.82, 2.24) is 4.90 Å². The fourth-order valence-electron chi connectivity index (χ4n) is 2.11. The van der Waals surface area contributed by atoms with E-state index in [1.54, 1.807) is 0 Å². The lowest BCUT2D eigenvalue weighted by molar-refractivity contribution is -0.142. The molecule has 0 saturated carbocycles. The highest BCUT2D eigenvalue weighted by atomic mass is 16.5. The Kier molecular flexibility index (Phi) is 6.47. The number of esters is 1. The van der Waals surface area contributed by atoms with Gasteiger partial charge in [-0.15, -0.1) is 0 Å². The summed E-state index contributed by atoms with van der Waals surface area (Å²) in [4.78, 5) is 13.3. The largest absolute Gasteiger partial charge is 0.468 e. The molecule has 2 atom stereocenters. The van der Waals surface area contributed by atoms with Crippen LogP contribution in [0.5, 0.6) is 0 Å². The summed E-state index contributed by atoms with van der Waals surface area (Å²) in [5.41, 5.74) is 5.68. The van der Waals surface area contributed by atoms with Gasteiger partial charge in [0.1, 0.15) is 6.04 Å². The van der Waals surface area contributed by atoms with Crippen LogP contribution in [0.15, 0.2) is 0 Å². The van der Waals surface area contributed by atoms with Gasteiger partial charge in [-0.25, -0.2) is 0 Å². The lowest BCUT2D eigenvalue weighted by Gasteiger charge is -2.27. The molecule has 0 bridgehead atoms. The van der Waals surface area contributed by atoms with Crippen molar-refractivity contribution in [3.63, 3.8) is 0 Å².